The average Bonchev–Trinajstić information content (AvgIpc) is 3.60. The lowest BCUT2D eigenvalue weighted by atomic mass is 9.91. The Morgan fingerprint density at radius 1 is 0.872 bits per heavy atom. The van der Waals surface area contributed by atoms with Gasteiger partial charge in [-0.2, -0.15) is 4.68 Å². The van der Waals surface area contributed by atoms with E-state index in [0.717, 1.165) is 39.1 Å². The van der Waals surface area contributed by atoms with Crippen LogP contribution in [0.1, 0.15) is 48.5 Å². The summed E-state index contributed by atoms with van der Waals surface area (Å²) in [6, 6.07) is 33.9. The van der Waals surface area contributed by atoms with Crippen LogP contribution in [0.2, 0.25) is 0 Å². The van der Waals surface area contributed by atoms with E-state index in [4.69, 9.17) is 9.47 Å². The second-order valence-electron chi connectivity index (χ2n) is 11.4. The quantitative estimate of drug-likeness (QED) is 0.144. The molecule has 2 heterocycles. The standard InChI is InChI=1S/C36H38N6O4S/c1-3-37-35(44)38-21-26-8-7-9-30(20-26)27-16-18-29(19-17-27)34-45-32(24(2)33(46-34)28-14-12-25(22-43)13-15-28)23-47-36-39-40-41-42(36)31-10-5-4-6-11-31/h4-20,24,32-34,43H,3,21-23H2,1-2H3,(H2,37,38,44)/t24-,32+,33+,34+/m0/s1. The Hall–Kier alpha value is -4.55. The van der Waals surface area contributed by atoms with Crippen LogP contribution < -0.4 is 10.6 Å². The Morgan fingerprint density at radius 2 is 1.64 bits per heavy atom. The predicted molar refractivity (Wildman–Crippen MR) is 181 cm³/mol. The number of tetrazole rings is 1. The van der Waals surface area contributed by atoms with Crippen molar-refractivity contribution < 1.29 is 19.4 Å². The molecule has 4 aromatic carbocycles. The first-order valence-electron chi connectivity index (χ1n) is 15.7. The molecule has 11 heteroatoms. The molecule has 1 aliphatic rings. The minimum Gasteiger partial charge on any atom is -0.392 e. The lowest BCUT2D eigenvalue weighted by molar-refractivity contribution is -0.268. The number of rotatable bonds is 11. The highest BCUT2D eigenvalue weighted by atomic mass is 32.2. The van der Waals surface area contributed by atoms with Crippen molar-refractivity contribution in [3.05, 3.63) is 125 Å². The Bertz CT molecular complexity index is 1750. The molecule has 4 atom stereocenters. The largest absolute Gasteiger partial charge is 0.392 e. The van der Waals surface area contributed by atoms with Crippen molar-refractivity contribution in [3.8, 4) is 16.8 Å². The molecule has 10 nitrogen and oxygen atoms in total. The van der Waals surface area contributed by atoms with Gasteiger partial charge in [-0.15, -0.1) is 5.10 Å². The maximum Gasteiger partial charge on any atom is 0.315 e. The Kier molecular flexibility index (Phi) is 10.6. The number of nitrogens with zero attached hydrogens (tertiary/aromatic N) is 4. The maximum atomic E-state index is 11.9. The topological polar surface area (TPSA) is 123 Å². The summed E-state index contributed by atoms with van der Waals surface area (Å²) in [4.78, 5) is 11.9. The van der Waals surface area contributed by atoms with Crippen molar-refractivity contribution in [2.24, 2.45) is 5.92 Å². The van der Waals surface area contributed by atoms with E-state index in [1.54, 1.807) is 16.4 Å². The Morgan fingerprint density at radius 3 is 2.38 bits per heavy atom. The summed E-state index contributed by atoms with van der Waals surface area (Å²) in [5.41, 5.74) is 6.80. The molecule has 0 radical (unpaired) electrons. The number of hydrogen-bond acceptors (Lipinski definition) is 8. The second kappa shape index (κ2) is 15.4. The van der Waals surface area contributed by atoms with Crippen molar-refractivity contribution in [2.75, 3.05) is 12.3 Å². The van der Waals surface area contributed by atoms with Gasteiger partial charge in [0, 0.05) is 30.3 Å². The number of thioether (sulfide) groups is 1. The third-order valence-corrected chi connectivity index (χ3v) is 9.18. The van der Waals surface area contributed by atoms with Crippen LogP contribution in [0.4, 0.5) is 4.79 Å². The van der Waals surface area contributed by atoms with Gasteiger partial charge >= 0.3 is 6.03 Å². The number of aliphatic hydroxyl groups excluding tert-OH is 1. The number of ether oxygens (including phenoxy) is 2. The van der Waals surface area contributed by atoms with Crippen LogP contribution in [0.3, 0.4) is 0 Å². The van der Waals surface area contributed by atoms with E-state index in [9.17, 15) is 9.90 Å². The molecule has 0 spiro atoms. The van der Waals surface area contributed by atoms with E-state index >= 15 is 0 Å². The molecular weight excluding hydrogens is 613 g/mol. The van der Waals surface area contributed by atoms with Crippen LogP contribution >= 0.6 is 11.8 Å². The van der Waals surface area contributed by atoms with E-state index < -0.39 is 6.29 Å². The van der Waals surface area contributed by atoms with Gasteiger partial charge in [-0.3, -0.25) is 0 Å². The monoisotopic (exact) mass is 650 g/mol. The van der Waals surface area contributed by atoms with E-state index in [0.29, 0.717) is 24.0 Å². The number of carbonyl (C=O) groups is 1. The fourth-order valence-electron chi connectivity index (χ4n) is 5.57. The molecule has 1 aromatic heterocycles. The first-order chi connectivity index (χ1) is 23.0. The second-order valence-corrected chi connectivity index (χ2v) is 12.4. The van der Waals surface area contributed by atoms with Crippen LogP contribution in [0.25, 0.3) is 16.8 Å². The fourth-order valence-corrected chi connectivity index (χ4v) is 6.62. The Labute approximate surface area is 278 Å². The molecule has 3 N–H and O–H groups in total. The molecule has 1 saturated heterocycles. The average molecular weight is 651 g/mol. The zero-order valence-electron chi connectivity index (χ0n) is 26.3. The molecule has 1 fully saturated rings. The first-order valence-corrected chi connectivity index (χ1v) is 16.7. The number of hydrogen-bond donors (Lipinski definition) is 3. The normalized spacial score (nSPS) is 19.3. The molecular formula is C36H38N6O4S. The number of carbonyl (C=O) groups excluding carboxylic acids is 1. The van der Waals surface area contributed by atoms with Gasteiger partial charge < -0.3 is 25.2 Å². The van der Waals surface area contributed by atoms with Crippen LogP contribution in [0.15, 0.2) is 108 Å². The van der Waals surface area contributed by atoms with Gasteiger partial charge in [0.15, 0.2) is 6.29 Å². The number of nitrogens with one attached hydrogen (secondary N) is 2. The third-order valence-electron chi connectivity index (χ3n) is 8.18. The van der Waals surface area contributed by atoms with Crippen LogP contribution in [-0.2, 0) is 22.6 Å². The van der Waals surface area contributed by atoms with Crippen molar-refractivity contribution >= 4 is 17.8 Å². The minimum atomic E-state index is -0.592. The van der Waals surface area contributed by atoms with E-state index in [-0.39, 0.29) is 30.8 Å². The molecule has 1 aliphatic heterocycles. The highest BCUT2D eigenvalue weighted by molar-refractivity contribution is 7.99. The van der Waals surface area contributed by atoms with Gasteiger partial charge in [0.25, 0.3) is 0 Å². The maximum absolute atomic E-state index is 11.9. The van der Waals surface area contributed by atoms with Gasteiger partial charge in [-0.25, -0.2) is 4.79 Å². The van der Waals surface area contributed by atoms with Crippen LogP contribution in [-0.4, -0.2) is 49.7 Å². The third kappa shape index (κ3) is 7.88. The number of para-hydroxylation sites is 1. The van der Waals surface area contributed by atoms with Gasteiger partial charge in [0.2, 0.25) is 5.16 Å². The van der Waals surface area contributed by atoms with Gasteiger partial charge in [-0.05, 0) is 63.4 Å². The van der Waals surface area contributed by atoms with Crippen molar-refractivity contribution in [1.29, 1.82) is 0 Å². The highest BCUT2D eigenvalue weighted by Crippen LogP contribution is 2.43. The minimum absolute atomic E-state index is 0.0115. The number of aliphatic hydroxyl groups is 1. The summed E-state index contributed by atoms with van der Waals surface area (Å²) in [7, 11) is 0. The fraction of sp³-hybridized carbons (Fsp3) is 0.278. The van der Waals surface area contributed by atoms with Gasteiger partial charge in [0.1, 0.15) is 0 Å². The molecule has 0 bridgehead atoms. The SMILES string of the molecule is CCNC(=O)NCc1cccc(-c2ccc([C@@H]3O[C@H](CSc4nnnn4-c4ccccc4)[C@H](C)[C@H](c4ccc(CO)cc4)O3)cc2)c1. The molecule has 5 aromatic rings. The zero-order chi connectivity index (χ0) is 32.6. The summed E-state index contributed by atoms with van der Waals surface area (Å²) >= 11 is 1.55. The summed E-state index contributed by atoms with van der Waals surface area (Å²) in [6.45, 7) is 5.04. The van der Waals surface area contributed by atoms with Crippen LogP contribution in [0, 0.1) is 5.92 Å². The summed E-state index contributed by atoms with van der Waals surface area (Å²) in [5, 5.41) is 28.3. The molecule has 0 aliphatic carbocycles. The molecule has 6 rings (SSSR count). The molecule has 2 amide bonds. The number of aromatic nitrogens is 4. The van der Waals surface area contributed by atoms with Crippen molar-refractivity contribution in [1.82, 2.24) is 30.8 Å². The molecule has 0 saturated carbocycles. The molecule has 242 valence electrons. The smallest absolute Gasteiger partial charge is 0.315 e. The zero-order valence-corrected chi connectivity index (χ0v) is 27.1. The molecule has 47 heavy (non-hydrogen) atoms. The van der Waals surface area contributed by atoms with Crippen molar-refractivity contribution in [2.45, 2.75) is 50.7 Å². The van der Waals surface area contributed by atoms with E-state index in [1.165, 1.54) is 0 Å². The van der Waals surface area contributed by atoms with Crippen LogP contribution in [0.5, 0.6) is 0 Å². The Balaban J connectivity index is 1.21. The van der Waals surface area contributed by atoms with Crippen molar-refractivity contribution in [3.63, 3.8) is 0 Å². The van der Waals surface area contributed by atoms with Gasteiger partial charge in [0.05, 0.1) is 24.5 Å². The van der Waals surface area contributed by atoms with E-state index in [2.05, 4.69) is 57.3 Å². The summed E-state index contributed by atoms with van der Waals surface area (Å²) in [6.07, 6.45) is -0.993. The van der Waals surface area contributed by atoms with E-state index in [1.807, 2.05) is 85.8 Å². The summed E-state index contributed by atoms with van der Waals surface area (Å²) in [5.74, 6) is 0.643. The number of urea groups is 1. The summed E-state index contributed by atoms with van der Waals surface area (Å²) < 4.78 is 15.1. The first kappa shape index (κ1) is 32.4. The highest BCUT2D eigenvalue weighted by Gasteiger charge is 2.38. The predicted octanol–water partition coefficient (Wildman–Crippen LogP) is 6.22. The van der Waals surface area contributed by atoms with Gasteiger partial charge in [-0.1, -0.05) is 104 Å². The number of amides is 2. The molecule has 0 unspecified atom stereocenters. The number of benzene rings is 4. The lowest BCUT2D eigenvalue weighted by Gasteiger charge is -2.41. The lowest BCUT2D eigenvalue weighted by Crippen LogP contribution is -2.38.